The van der Waals surface area contributed by atoms with Gasteiger partial charge in [0.1, 0.15) is 4.21 Å². The fourth-order valence-electron chi connectivity index (χ4n) is 2.20. The summed E-state index contributed by atoms with van der Waals surface area (Å²) in [4.78, 5) is 1.03. The molecule has 1 atom stereocenters. The maximum atomic E-state index is 12.4. The quantitative estimate of drug-likeness (QED) is 0.712. The second-order valence-electron chi connectivity index (χ2n) is 5.42. The van der Waals surface area contributed by atoms with Crippen LogP contribution in [0, 0.1) is 6.92 Å². The maximum Gasteiger partial charge on any atom is 0.250 e. The second kappa shape index (κ2) is 8.73. The van der Waals surface area contributed by atoms with Crippen molar-refractivity contribution in [3.8, 4) is 0 Å². The first-order valence-electron chi connectivity index (χ1n) is 7.83. The van der Waals surface area contributed by atoms with Crippen LogP contribution in [0.25, 0.3) is 0 Å². The lowest BCUT2D eigenvalue weighted by atomic mass is 10.1. The predicted octanol–water partition coefficient (Wildman–Crippen LogP) is 2.65. The Kier molecular flexibility index (Phi) is 6.94. The minimum atomic E-state index is -3.56. The summed E-state index contributed by atoms with van der Waals surface area (Å²) in [6.45, 7) is 4.13. The van der Waals surface area contributed by atoms with Gasteiger partial charge in [-0.05, 0) is 31.0 Å². The second-order valence-corrected chi connectivity index (χ2v) is 8.58. The monoisotopic (exact) mass is 369 g/mol. The molecule has 132 valence electrons. The molecule has 24 heavy (non-hydrogen) atoms. The van der Waals surface area contributed by atoms with Crippen LogP contribution in [-0.2, 0) is 21.2 Å². The number of thiophene rings is 1. The molecule has 5 nitrogen and oxygen atoms in total. The van der Waals surface area contributed by atoms with E-state index in [0.717, 1.165) is 22.4 Å². The molecule has 0 saturated carbocycles. The Balaban J connectivity index is 2.10. The van der Waals surface area contributed by atoms with Crippen LogP contribution < -0.4 is 4.72 Å². The van der Waals surface area contributed by atoms with Crippen molar-refractivity contribution in [1.82, 2.24) is 4.72 Å². The molecular weight excluding hydrogens is 346 g/mol. The van der Waals surface area contributed by atoms with E-state index in [2.05, 4.69) is 4.72 Å². The Morgan fingerprint density at radius 3 is 2.50 bits per heavy atom. The van der Waals surface area contributed by atoms with E-state index in [4.69, 9.17) is 9.84 Å². The first-order valence-corrected chi connectivity index (χ1v) is 10.1. The van der Waals surface area contributed by atoms with Gasteiger partial charge in [0.15, 0.2) is 0 Å². The number of benzene rings is 1. The average Bonchev–Trinajstić information content (AvgIpc) is 3.06. The highest BCUT2D eigenvalue weighted by molar-refractivity contribution is 7.91. The SMILES string of the molecule is CCc1ccc(S(=O)(=O)NCC(OCCO)c2ccc(C)cc2)s1. The molecule has 7 heteroatoms. The molecule has 1 aromatic carbocycles. The smallest absolute Gasteiger partial charge is 0.250 e. The molecular formula is C17H23NO4S2. The van der Waals surface area contributed by atoms with Crippen molar-refractivity contribution in [3.63, 3.8) is 0 Å². The number of ether oxygens (including phenoxy) is 1. The fraction of sp³-hybridized carbons (Fsp3) is 0.412. The molecule has 1 unspecified atom stereocenters. The van der Waals surface area contributed by atoms with Crippen molar-refractivity contribution in [2.75, 3.05) is 19.8 Å². The van der Waals surface area contributed by atoms with Gasteiger partial charge in [-0.1, -0.05) is 36.8 Å². The maximum absolute atomic E-state index is 12.4. The number of nitrogens with one attached hydrogen (secondary N) is 1. The van der Waals surface area contributed by atoms with Crippen molar-refractivity contribution >= 4 is 21.4 Å². The van der Waals surface area contributed by atoms with E-state index in [0.29, 0.717) is 4.21 Å². The lowest BCUT2D eigenvalue weighted by molar-refractivity contribution is 0.0309. The molecule has 0 radical (unpaired) electrons. The molecule has 1 aromatic heterocycles. The van der Waals surface area contributed by atoms with Crippen LogP contribution in [0.5, 0.6) is 0 Å². The van der Waals surface area contributed by atoms with E-state index < -0.39 is 16.1 Å². The third kappa shape index (κ3) is 5.12. The van der Waals surface area contributed by atoms with E-state index in [9.17, 15) is 8.42 Å². The highest BCUT2D eigenvalue weighted by Gasteiger charge is 2.20. The highest BCUT2D eigenvalue weighted by atomic mass is 32.2. The number of rotatable bonds is 9. The molecule has 0 bridgehead atoms. The van der Waals surface area contributed by atoms with Crippen LogP contribution in [0.1, 0.15) is 29.0 Å². The molecule has 0 aliphatic carbocycles. The first-order chi connectivity index (χ1) is 11.5. The van der Waals surface area contributed by atoms with E-state index in [1.807, 2.05) is 44.2 Å². The minimum Gasteiger partial charge on any atom is -0.394 e. The number of aliphatic hydroxyl groups is 1. The molecule has 2 N–H and O–H groups in total. The van der Waals surface area contributed by atoms with Gasteiger partial charge in [0.05, 0.1) is 19.3 Å². The first kappa shape index (κ1) is 19.1. The Bertz CT molecular complexity index is 738. The molecule has 0 aliphatic heterocycles. The van der Waals surface area contributed by atoms with E-state index in [1.165, 1.54) is 11.3 Å². The Labute approximate surface area is 147 Å². The van der Waals surface area contributed by atoms with Gasteiger partial charge < -0.3 is 9.84 Å². The molecule has 0 fully saturated rings. The van der Waals surface area contributed by atoms with Crippen LogP contribution in [0.4, 0.5) is 0 Å². The van der Waals surface area contributed by atoms with Crippen molar-refractivity contribution in [2.45, 2.75) is 30.6 Å². The van der Waals surface area contributed by atoms with Gasteiger partial charge in [-0.15, -0.1) is 11.3 Å². The Morgan fingerprint density at radius 1 is 1.21 bits per heavy atom. The standard InChI is InChI=1S/C17H23NO4S2/c1-3-15-8-9-17(23-15)24(20,21)18-12-16(22-11-10-19)14-6-4-13(2)5-7-14/h4-9,16,18-19H,3,10-12H2,1-2H3. The van der Waals surface area contributed by atoms with Gasteiger partial charge >= 0.3 is 0 Å². The molecule has 2 rings (SSSR count). The van der Waals surface area contributed by atoms with Crippen LogP contribution in [0.15, 0.2) is 40.6 Å². The predicted molar refractivity (Wildman–Crippen MR) is 95.8 cm³/mol. The van der Waals surface area contributed by atoms with Crippen molar-refractivity contribution in [1.29, 1.82) is 0 Å². The number of sulfonamides is 1. The van der Waals surface area contributed by atoms with Gasteiger partial charge in [0.25, 0.3) is 0 Å². The lowest BCUT2D eigenvalue weighted by Gasteiger charge is -2.18. The van der Waals surface area contributed by atoms with E-state index in [-0.39, 0.29) is 19.8 Å². The van der Waals surface area contributed by atoms with Crippen LogP contribution in [0.3, 0.4) is 0 Å². The van der Waals surface area contributed by atoms with Gasteiger partial charge in [0.2, 0.25) is 10.0 Å². The van der Waals surface area contributed by atoms with Crippen LogP contribution in [-0.4, -0.2) is 33.3 Å². The van der Waals surface area contributed by atoms with E-state index >= 15 is 0 Å². The summed E-state index contributed by atoms with van der Waals surface area (Å²) in [5, 5.41) is 8.98. The molecule has 0 aliphatic rings. The molecule has 2 aromatic rings. The van der Waals surface area contributed by atoms with Crippen molar-refractivity contribution in [3.05, 3.63) is 52.4 Å². The molecule has 0 amide bonds. The number of aliphatic hydroxyl groups excluding tert-OH is 1. The zero-order valence-electron chi connectivity index (χ0n) is 13.9. The topological polar surface area (TPSA) is 75.6 Å². The van der Waals surface area contributed by atoms with Gasteiger partial charge in [-0.2, -0.15) is 0 Å². The Morgan fingerprint density at radius 2 is 1.92 bits per heavy atom. The zero-order valence-corrected chi connectivity index (χ0v) is 15.5. The molecule has 1 heterocycles. The molecule has 0 spiro atoms. The summed E-state index contributed by atoms with van der Waals surface area (Å²) < 4.78 is 33.4. The fourth-order valence-corrected chi connectivity index (χ4v) is 4.57. The third-order valence-electron chi connectivity index (χ3n) is 3.57. The summed E-state index contributed by atoms with van der Waals surface area (Å²) in [6, 6.07) is 11.2. The average molecular weight is 370 g/mol. The summed E-state index contributed by atoms with van der Waals surface area (Å²) in [6.07, 6.45) is 0.365. The minimum absolute atomic E-state index is 0.111. The third-order valence-corrected chi connectivity index (χ3v) is 6.71. The zero-order chi connectivity index (χ0) is 17.6. The summed E-state index contributed by atoms with van der Waals surface area (Å²) in [5.41, 5.74) is 1.99. The number of aryl methyl sites for hydroxylation is 2. The largest absolute Gasteiger partial charge is 0.394 e. The van der Waals surface area contributed by atoms with Crippen LogP contribution in [0.2, 0.25) is 0 Å². The van der Waals surface area contributed by atoms with E-state index in [1.54, 1.807) is 6.07 Å². The summed E-state index contributed by atoms with van der Waals surface area (Å²) >= 11 is 1.28. The van der Waals surface area contributed by atoms with Crippen molar-refractivity contribution in [2.24, 2.45) is 0 Å². The highest BCUT2D eigenvalue weighted by Crippen LogP contribution is 2.23. The number of hydrogen-bond acceptors (Lipinski definition) is 5. The van der Waals surface area contributed by atoms with Gasteiger partial charge in [-0.3, -0.25) is 0 Å². The van der Waals surface area contributed by atoms with Gasteiger partial charge in [0, 0.05) is 11.4 Å². The Hall–Kier alpha value is -1.25. The normalized spacial score (nSPS) is 13.1. The summed E-state index contributed by atoms with van der Waals surface area (Å²) in [7, 11) is -3.56. The van der Waals surface area contributed by atoms with Crippen LogP contribution >= 0.6 is 11.3 Å². The number of hydrogen-bond donors (Lipinski definition) is 2. The lowest BCUT2D eigenvalue weighted by Crippen LogP contribution is -2.29. The summed E-state index contributed by atoms with van der Waals surface area (Å²) in [5.74, 6) is 0. The molecule has 0 saturated heterocycles. The van der Waals surface area contributed by atoms with Crippen molar-refractivity contribution < 1.29 is 18.3 Å². The van der Waals surface area contributed by atoms with Gasteiger partial charge in [-0.25, -0.2) is 13.1 Å².